The second-order valence-corrected chi connectivity index (χ2v) is 5.40. The van der Waals surface area contributed by atoms with Gasteiger partial charge in [-0.25, -0.2) is 4.79 Å². The molecule has 0 unspecified atom stereocenters. The minimum absolute atomic E-state index is 0.0314. The Morgan fingerprint density at radius 2 is 1.33 bits per heavy atom. The van der Waals surface area contributed by atoms with E-state index in [1.165, 1.54) is 18.2 Å². The molecule has 108 valence electrons. The maximum absolute atomic E-state index is 12.3. The highest BCUT2D eigenvalue weighted by Crippen LogP contribution is 2.43. The summed E-state index contributed by atoms with van der Waals surface area (Å²) >= 11 is 0. The third kappa shape index (κ3) is 2.09. The highest BCUT2D eigenvalue weighted by atomic mass is 16.5. The smallest absolute Gasteiger partial charge is 0.410 e. The summed E-state index contributed by atoms with van der Waals surface area (Å²) in [5, 5.41) is 0. The van der Waals surface area contributed by atoms with Crippen molar-refractivity contribution in [3.8, 4) is 11.1 Å². The molecule has 2 aromatic carbocycles. The van der Waals surface area contributed by atoms with Crippen molar-refractivity contribution in [2.24, 2.45) is 0 Å². The zero-order chi connectivity index (χ0) is 15.0. The Balaban J connectivity index is 2.28. The maximum atomic E-state index is 12.3. The summed E-state index contributed by atoms with van der Waals surface area (Å²) in [6.07, 6.45) is -0.290. The fraction of sp³-hybridized carbons (Fsp3) is 0.278. The molecule has 0 aromatic heterocycles. The van der Waals surface area contributed by atoms with E-state index in [4.69, 9.17) is 4.74 Å². The van der Waals surface area contributed by atoms with Gasteiger partial charge in [-0.1, -0.05) is 48.5 Å². The SMILES string of the molecule is COC(=O)N1[C@H](C)c2ccccc2-c2ccccc2[C@H]1C. The van der Waals surface area contributed by atoms with Crippen LogP contribution in [0, 0.1) is 0 Å². The number of hydrogen-bond acceptors (Lipinski definition) is 2. The number of benzene rings is 2. The molecule has 1 amide bonds. The lowest BCUT2D eigenvalue weighted by atomic mass is 9.93. The first-order valence-electron chi connectivity index (χ1n) is 7.19. The van der Waals surface area contributed by atoms with Gasteiger partial charge in [0.1, 0.15) is 0 Å². The summed E-state index contributed by atoms with van der Waals surface area (Å²) in [4.78, 5) is 14.1. The van der Waals surface area contributed by atoms with Crippen LogP contribution < -0.4 is 0 Å². The molecule has 0 saturated carbocycles. The quantitative estimate of drug-likeness (QED) is 0.708. The minimum Gasteiger partial charge on any atom is -0.453 e. The molecule has 2 atom stereocenters. The van der Waals surface area contributed by atoms with Crippen molar-refractivity contribution in [3.05, 3.63) is 59.7 Å². The van der Waals surface area contributed by atoms with Crippen molar-refractivity contribution >= 4 is 6.09 Å². The fourth-order valence-electron chi connectivity index (χ4n) is 3.27. The monoisotopic (exact) mass is 281 g/mol. The van der Waals surface area contributed by atoms with Gasteiger partial charge in [0.15, 0.2) is 0 Å². The first-order valence-corrected chi connectivity index (χ1v) is 7.19. The Morgan fingerprint density at radius 3 is 1.76 bits per heavy atom. The Hall–Kier alpha value is -2.29. The molecule has 3 nitrogen and oxygen atoms in total. The van der Waals surface area contributed by atoms with Crippen molar-refractivity contribution < 1.29 is 9.53 Å². The number of ether oxygens (including phenoxy) is 1. The molecule has 3 heteroatoms. The van der Waals surface area contributed by atoms with Crippen molar-refractivity contribution in [1.29, 1.82) is 0 Å². The average Bonchev–Trinajstić information content (AvgIpc) is 2.62. The minimum atomic E-state index is -0.290. The summed E-state index contributed by atoms with van der Waals surface area (Å²) in [7, 11) is 1.43. The predicted molar refractivity (Wildman–Crippen MR) is 83.0 cm³/mol. The molecule has 0 N–H and O–H groups in total. The molecule has 3 rings (SSSR count). The van der Waals surface area contributed by atoms with E-state index in [-0.39, 0.29) is 18.2 Å². The lowest BCUT2D eigenvalue weighted by Crippen LogP contribution is -2.35. The molecule has 2 aromatic rings. The van der Waals surface area contributed by atoms with E-state index in [0.29, 0.717) is 0 Å². The number of rotatable bonds is 0. The third-order valence-electron chi connectivity index (χ3n) is 4.33. The second-order valence-electron chi connectivity index (χ2n) is 5.40. The molecule has 1 heterocycles. The van der Waals surface area contributed by atoms with Crippen LogP contribution in [0.2, 0.25) is 0 Å². The summed E-state index contributed by atoms with van der Waals surface area (Å²) in [6.45, 7) is 4.11. The van der Waals surface area contributed by atoms with Crippen LogP contribution in [0.3, 0.4) is 0 Å². The Kier molecular flexibility index (Phi) is 3.42. The number of carbonyl (C=O) groups is 1. The van der Waals surface area contributed by atoms with Gasteiger partial charge in [0.2, 0.25) is 0 Å². The third-order valence-corrected chi connectivity index (χ3v) is 4.33. The van der Waals surface area contributed by atoms with Gasteiger partial charge >= 0.3 is 6.09 Å². The van der Waals surface area contributed by atoms with Gasteiger partial charge in [0.25, 0.3) is 0 Å². The highest BCUT2D eigenvalue weighted by Gasteiger charge is 2.33. The van der Waals surface area contributed by atoms with Crippen molar-refractivity contribution in [3.63, 3.8) is 0 Å². The van der Waals surface area contributed by atoms with Crippen molar-refractivity contribution in [2.75, 3.05) is 7.11 Å². The van der Waals surface area contributed by atoms with Gasteiger partial charge in [-0.2, -0.15) is 0 Å². The number of methoxy groups -OCH3 is 1. The zero-order valence-electron chi connectivity index (χ0n) is 12.5. The second kappa shape index (κ2) is 5.24. The number of fused-ring (bicyclic) bond motifs is 3. The normalized spacial score (nSPS) is 20.2. The van der Waals surface area contributed by atoms with Crippen LogP contribution in [-0.4, -0.2) is 18.1 Å². The molecule has 0 bridgehead atoms. The Labute approximate surface area is 125 Å². The van der Waals surface area contributed by atoms with Crippen LogP contribution in [0.5, 0.6) is 0 Å². The van der Waals surface area contributed by atoms with Crippen LogP contribution in [0.25, 0.3) is 11.1 Å². The van der Waals surface area contributed by atoms with E-state index >= 15 is 0 Å². The summed E-state index contributed by atoms with van der Waals surface area (Å²) < 4.78 is 5.00. The zero-order valence-corrected chi connectivity index (χ0v) is 12.5. The predicted octanol–water partition coefficient (Wildman–Crippen LogP) is 4.56. The van der Waals surface area contributed by atoms with Gasteiger partial charge in [0.05, 0.1) is 19.2 Å². The van der Waals surface area contributed by atoms with E-state index in [1.54, 1.807) is 0 Å². The number of carbonyl (C=O) groups excluding carboxylic acids is 1. The van der Waals surface area contributed by atoms with Crippen LogP contribution >= 0.6 is 0 Å². The Morgan fingerprint density at radius 1 is 0.905 bits per heavy atom. The largest absolute Gasteiger partial charge is 0.453 e. The average molecular weight is 281 g/mol. The topological polar surface area (TPSA) is 29.5 Å². The van der Waals surface area contributed by atoms with Gasteiger partial charge in [-0.3, -0.25) is 4.90 Å². The lowest BCUT2D eigenvalue weighted by Gasteiger charge is -2.32. The Bertz CT molecular complexity index is 629. The van der Waals surface area contributed by atoms with Crippen LogP contribution in [0.15, 0.2) is 48.5 Å². The summed E-state index contributed by atoms with van der Waals surface area (Å²) in [6, 6.07) is 16.5. The van der Waals surface area contributed by atoms with Crippen LogP contribution in [0.1, 0.15) is 37.1 Å². The number of amides is 1. The van der Waals surface area contributed by atoms with E-state index in [9.17, 15) is 4.79 Å². The lowest BCUT2D eigenvalue weighted by molar-refractivity contribution is 0.0900. The maximum Gasteiger partial charge on any atom is 0.410 e. The van der Waals surface area contributed by atoms with Crippen molar-refractivity contribution in [1.82, 2.24) is 4.90 Å². The van der Waals surface area contributed by atoms with E-state index < -0.39 is 0 Å². The molecule has 0 aliphatic carbocycles. The molecule has 21 heavy (non-hydrogen) atoms. The standard InChI is InChI=1S/C18H19NO2/c1-12-14-8-4-6-10-16(14)17-11-7-5-9-15(17)13(2)19(12)18(20)21-3/h4-13H,1-3H3/t12-,13-/m1/s1. The molecular formula is C18H19NO2. The van der Waals surface area contributed by atoms with Crippen LogP contribution in [-0.2, 0) is 4.74 Å². The summed E-state index contributed by atoms with van der Waals surface area (Å²) in [5.74, 6) is 0. The van der Waals surface area contributed by atoms with E-state index in [1.807, 2.05) is 29.2 Å². The molecule has 0 spiro atoms. The van der Waals surface area contributed by atoms with Gasteiger partial charge in [0, 0.05) is 0 Å². The first-order chi connectivity index (χ1) is 10.1. The summed E-state index contributed by atoms with van der Waals surface area (Å²) in [5.41, 5.74) is 4.69. The number of hydrogen-bond donors (Lipinski definition) is 0. The number of nitrogens with zero attached hydrogens (tertiary/aromatic N) is 1. The molecule has 0 radical (unpaired) electrons. The molecule has 0 saturated heterocycles. The van der Waals surface area contributed by atoms with E-state index in [0.717, 1.165) is 11.1 Å². The fourth-order valence-corrected chi connectivity index (χ4v) is 3.27. The highest BCUT2D eigenvalue weighted by molar-refractivity contribution is 5.77. The molecule has 1 aliphatic rings. The van der Waals surface area contributed by atoms with Gasteiger partial charge in [-0.05, 0) is 36.1 Å². The molecule has 1 aliphatic heterocycles. The van der Waals surface area contributed by atoms with Gasteiger partial charge < -0.3 is 4.74 Å². The van der Waals surface area contributed by atoms with Crippen molar-refractivity contribution in [2.45, 2.75) is 25.9 Å². The molecular weight excluding hydrogens is 262 g/mol. The first kappa shape index (κ1) is 13.7. The molecule has 0 fully saturated rings. The van der Waals surface area contributed by atoms with E-state index in [2.05, 4.69) is 38.1 Å². The van der Waals surface area contributed by atoms with Crippen LogP contribution in [0.4, 0.5) is 4.79 Å². The van der Waals surface area contributed by atoms with Gasteiger partial charge in [-0.15, -0.1) is 0 Å².